The van der Waals surface area contributed by atoms with Gasteiger partial charge in [0.15, 0.2) is 0 Å². The largest absolute Gasteiger partial charge is 0.492 e. The second-order valence-corrected chi connectivity index (χ2v) is 5.54. The lowest BCUT2D eigenvalue weighted by atomic mass is 10.1. The van der Waals surface area contributed by atoms with Crippen molar-refractivity contribution in [2.45, 2.75) is 6.92 Å². The zero-order valence-corrected chi connectivity index (χ0v) is 13.7. The monoisotopic (exact) mass is 342 g/mol. The molecular formula is C18H15ClN2O3. The highest BCUT2D eigenvalue weighted by Gasteiger charge is 2.21. The van der Waals surface area contributed by atoms with E-state index >= 15 is 0 Å². The minimum atomic E-state index is -0.733. The number of halogens is 1. The molecule has 0 radical (unpaired) electrons. The van der Waals surface area contributed by atoms with Crippen LogP contribution in [0, 0.1) is 0 Å². The molecular weight excluding hydrogens is 328 g/mol. The summed E-state index contributed by atoms with van der Waals surface area (Å²) in [5.41, 5.74) is 1.47. The third kappa shape index (κ3) is 3.12. The molecule has 0 saturated carbocycles. The summed E-state index contributed by atoms with van der Waals surface area (Å²) in [5.74, 6) is -0.860. The summed E-state index contributed by atoms with van der Waals surface area (Å²) in [7, 11) is 0. The van der Waals surface area contributed by atoms with E-state index in [2.05, 4.69) is 10.3 Å². The van der Waals surface area contributed by atoms with Crippen LogP contribution in [0.4, 0.5) is 5.69 Å². The van der Waals surface area contributed by atoms with Gasteiger partial charge in [-0.15, -0.1) is 0 Å². The van der Waals surface area contributed by atoms with Crippen LogP contribution in [-0.4, -0.2) is 23.3 Å². The number of rotatable bonds is 5. The van der Waals surface area contributed by atoms with Gasteiger partial charge in [0.2, 0.25) is 0 Å². The van der Waals surface area contributed by atoms with Crippen molar-refractivity contribution in [3.63, 3.8) is 0 Å². The van der Waals surface area contributed by atoms with Gasteiger partial charge in [-0.2, -0.15) is 0 Å². The smallest absolute Gasteiger partial charge is 0.296 e. The van der Waals surface area contributed by atoms with Gasteiger partial charge in [0, 0.05) is 22.1 Å². The first kappa shape index (κ1) is 16.1. The minimum Gasteiger partial charge on any atom is -0.492 e. The van der Waals surface area contributed by atoms with E-state index < -0.39 is 11.7 Å². The summed E-state index contributed by atoms with van der Waals surface area (Å²) in [6.07, 6.45) is 1.51. The number of aromatic nitrogens is 1. The number of carbonyl (C=O) groups is 2. The van der Waals surface area contributed by atoms with Crippen molar-refractivity contribution in [2.24, 2.45) is 0 Å². The van der Waals surface area contributed by atoms with Crippen molar-refractivity contribution in [2.75, 3.05) is 11.9 Å². The molecule has 3 rings (SSSR count). The Hall–Kier alpha value is -2.79. The van der Waals surface area contributed by atoms with Crippen LogP contribution in [0.15, 0.2) is 48.7 Å². The van der Waals surface area contributed by atoms with Gasteiger partial charge in [0.25, 0.3) is 11.7 Å². The van der Waals surface area contributed by atoms with Crippen molar-refractivity contribution in [1.82, 2.24) is 4.98 Å². The Morgan fingerprint density at radius 1 is 1.21 bits per heavy atom. The number of hydrogen-bond acceptors (Lipinski definition) is 3. The number of nitrogens with one attached hydrogen (secondary N) is 2. The third-order valence-corrected chi connectivity index (χ3v) is 3.76. The normalized spacial score (nSPS) is 10.6. The highest BCUT2D eigenvalue weighted by molar-refractivity contribution is 6.48. The molecule has 1 amide bonds. The topological polar surface area (TPSA) is 71.2 Å². The van der Waals surface area contributed by atoms with Gasteiger partial charge >= 0.3 is 0 Å². The quantitative estimate of drug-likeness (QED) is 0.543. The number of carbonyl (C=O) groups excluding carboxylic acids is 2. The van der Waals surface area contributed by atoms with Crippen LogP contribution in [-0.2, 0) is 4.79 Å². The molecule has 0 spiro atoms. The molecule has 3 aromatic rings. The first-order valence-corrected chi connectivity index (χ1v) is 7.82. The van der Waals surface area contributed by atoms with Crippen molar-refractivity contribution in [3.8, 4) is 5.75 Å². The van der Waals surface area contributed by atoms with Crippen molar-refractivity contribution >= 4 is 39.9 Å². The van der Waals surface area contributed by atoms with Crippen LogP contribution < -0.4 is 10.1 Å². The number of Topliss-reactive ketones (excluding diaryl/α,β-unsaturated/α-hetero) is 1. The number of aromatic amines is 1. The van der Waals surface area contributed by atoms with Crippen LogP contribution in [0.3, 0.4) is 0 Å². The molecule has 2 N–H and O–H groups in total. The van der Waals surface area contributed by atoms with E-state index in [1.54, 1.807) is 42.5 Å². The number of fused-ring (bicyclic) bond motifs is 1. The molecule has 0 fully saturated rings. The summed E-state index contributed by atoms with van der Waals surface area (Å²) in [6.45, 7) is 2.31. The lowest BCUT2D eigenvalue weighted by molar-refractivity contribution is -0.112. The number of H-pyrrole nitrogens is 1. The highest BCUT2D eigenvalue weighted by atomic mass is 35.5. The fraction of sp³-hybridized carbons (Fsp3) is 0.111. The number of amides is 1. The summed E-state index contributed by atoms with van der Waals surface area (Å²) in [4.78, 5) is 27.8. The summed E-state index contributed by atoms with van der Waals surface area (Å²) in [5, 5.41) is 3.71. The molecule has 6 heteroatoms. The summed E-state index contributed by atoms with van der Waals surface area (Å²) in [6, 6.07) is 12.1. The molecule has 5 nitrogen and oxygen atoms in total. The van der Waals surface area contributed by atoms with E-state index in [-0.39, 0.29) is 5.56 Å². The number of anilines is 1. The van der Waals surface area contributed by atoms with E-state index in [1.165, 1.54) is 6.20 Å². The zero-order chi connectivity index (χ0) is 17.1. The molecule has 2 aromatic carbocycles. The Morgan fingerprint density at radius 2 is 2.00 bits per heavy atom. The van der Waals surface area contributed by atoms with Crippen LogP contribution in [0.25, 0.3) is 10.9 Å². The molecule has 0 bridgehead atoms. The van der Waals surface area contributed by atoms with Crippen molar-refractivity contribution in [3.05, 3.63) is 59.2 Å². The Kier molecular flexibility index (Phi) is 4.53. The fourth-order valence-corrected chi connectivity index (χ4v) is 2.61. The number of ketones is 1. The zero-order valence-electron chi connectivity index (χ0n) is 12.9. The molecule has 0 atom stereocenters. The first-order chi connectivity index (χ1) is 11.6. The van der Waals surface area contributed by atoms with Crippen molar-refractivity contribution < 1.29 is 14.3 Å². The molecule has 122 valence electrons. The minimum absolute atomic E-state index is 0.277. The van der Waals surface area contributed by atoms with Crippen LogP contribution >= 0.6 is 11.6 Å². The van der Waals surface area contributed by atoms with Gasteiger partial charge in [0.1, 0.15) is 5.75 Å². The van der Waals surface area contributed by atoms with Crippen LogP contribution in [0.5, 0.6) is 5.75 Å². The number of para-hydroxylation sites is 2. The van der Waals surface area contributed by atoms with Crippen LogP contribution in [0.1, 0.15) is 17.3 Å². The molecule has 0 saturated heterocycles. The lowest BCUT2D eigenvalue weighted by Gasteiger charge is -2.10. The number of benzene rings is 2. The van der Waals surface area contributed by atoms with E-state index in [0.717, 1.165) is 5.52 Å². The van der Waals surface area contributed by atoms with Crippen molar-refractivity contribution in [1.29, 1.82) is 0 Å². The van der Waals surface area contributed by atoms with Gasteiger partial charge in [-0.1, -0.05) is 23.7 Å². The molecule has 0 unspecified atom stereocenters. The molecule has 0 aliphatic rings. The Bertz CT molecular complexity index is 918. The summed E-state index contributed by atoms with van der Waals surface area (Å²) < 4.78 is 5.44. The number of ether oxygens (including phenoxy) is 1. The second kappa shape index (κ2) is 6.76. The third-order valence-electron chi connectivity index (χ3n) is 3.53. The fourth-order valence-electron chi connectivity index (χ4n) is 2.43. The molecule has 0 aliphatic carbocycles. The predicted octanol–water partition coefficient (Wildman–Crippen LogP) is 4.04. The SMILES string of the molecule is CCOc1ccccc1NC(=O)C(=O)c1c[nH]c2ccc(Cl)cc12. The molecule has 1 heterocycles. The van der Waals surface area contributed by atoms with Gasteiger partial charge in [0.05, 0.1) is 17.9 Å². The van der Waals surface area contributed by atoms with E-state index in [9.17, 15) is 9.59 Å². The average Bonchev–Trinajstić information content (AvgIpc) is 2.99. The Labute approximate surface area is 143 Å². The first-order valence-electron chi connectivity index (χ1n) is 7.44. The lowest BCUT2D eigenvalue weighted by Crippen LogP contribution is -2.23. The standard InChI is InChI=1S/C18H15ClN2O3/c1-2-24-16-6-4-3-5-15(16)21-18(23)17(22)13-10-20-14-8-7-11(19)9-12(13)14/h3-10,20H,2H2,1H3,(H,21,23). The molecule has 1 aromatic heterocycles. The Balaban J connectivity index is 1.87. The number of hydrogen-bond donors (Lipinski definition) is 2. The molecule has 0 aliphatic heterocycles. The van der Waals surface area contributed by atoms with Crippen LogP contribution in [0.2, 0.25) is 5.02 Å². The maximum absolute atomic E-state index is 12.5. The van der Waals surface area contributed by atoms with Gasteiger partial charge < -0.3 is 15.0 Å². The molecule has 24 heavy (non-hydrogen) atoms. The Morgan fingerprint density at radius 3 is 2.79 bits per heavy atom. The van der Waals surface area contributed by atoms with Gasteiger partial charge in [-0.3, -0.25) is 9.59 Å². The summed E-state index contributed by atoms with van der Waals surface area (Å²) >= 11 is 5.97. The highest BCUT2D eigenvalue weighted by Crippen LogP contribution is 2.25. The van der Waals surface area contributed by atoms with Gasteiger partial charge in [-0.05, 0) is 37.3 Å². The second-order valence-electron chi connectivity index (χ2n) is 5.10. The van der Waals surface area contributed by atoms with E-state index in [4.69, 9.17) is 16.3 Å². The van der Waals surface area contributed by atoms with Gasteiger partial charge in [-0.25, -0.2) is 0 Å². The maximum Gasteiger partial charge on any atom is 0.296 e. The maximum atomic E-state index is 12.5. The predicted molar refractivity (Wildman–Crippen MR) is 93.9 cm³/mol. The van der Waals surface area contributed by atoms with E-state index in [0.29, 0.717) is 28.5 Å². The van der Waals surface area contributed by atoms with E-state index in [1.807, 2.05) is 6.92 Å². The average molecular weight is 343 g/mol.